The first-order valence-electron chi connectivity index (χ1n) is 11.1. The highest BCUT2D eigenvalue weighted by Crippen LogP contribution is 2.71. The number of aromatic nitrogens is 2. The van der Waals surface area contributed by atoms with E-state index in [0.717, 1.165) is 43.4 Å². The Morgan fingerprint density at radius 2 is 2.03 bits per heavy atom. The van der Waals surface area contributed by atoms with E-state index in [4.69, 9.17) is 4.74 Å². The number of ether oxygens (including phenoxy) is 1. The molecular formula is C23H30N4O3. The minimum Gasteiger partial charge on any atom is -0.374 e. The molecule has 2 aliphatic carbocycles. The molecule has 0 bridgehead atoms. The normalized spacial score (nSPS) is 27.9. The number of hydrogen-bond acceptors (Lipinski definition) is 4. The number of nitrogens with zero attached hydrogens (tertiary/aromatic N) is 2. The lowest BCUT2D eigenvalue weighted by Crippen LogP contribution is -2.54. The van der Waals surface area contributed by atoms with Crippen LogP contribution in [0, 0.1) is 18.3 Å². The number of rotatable bonds is 6. The average Bonchev–Trinajstić information content (AvgIpc) is 3.17. The van der Waals surface area contributed by atoms with Gasteiger partial charge >= 0.3 is 0 Å². The second-order valence-electron chi connectivity index (χ2n) is 9.52. The molecule has 160 valence electrons. The fraction of sp³-hybridized carbons (Fsp3) is 0.609. The third-order valence-corrected chi connectivity index (χ3v) is 7.51. The van der Waals surface area contributed by atoms with Gasteiger partial charge in [-0.1, -0.05) is 6.07 Å². The highest BCUT2D eigenvalue weighted by atomic mass is 16.5. The summed E-state index contributed by atoms with van der Waals surface area (Å²) in [5, 5.41) is 10.7. The highest BCUT2D eigenvalue weighted by Gasteiger charge is 2.77. The van der Waals surface area contributed by atoms with Gasteiger partial charge in [-0.3, -0.25) is 9.59 Å². The fourth-order valence-electron chi connectivity index (χ4n) is 5.68. The van der Waals surface area contributed by atoms with Crippen molar-refractivity contribution >= 4 is 17.3 Å². The van der Waals surface area contributed by atoms with Crippen molar-refractivity contribution in [3.63, 3.8) is 0 Å². The van der Waals surface area contributed by atoms with E-state index in [0.29, 0.717) is 18.0 Å². The Morgan fingerprint density at radius 1 is 1.27 bits per heavy atom. The maximum absolute atomic E-state index is 13.1. The van der Waals surface area contributed by atoms with Crippen LogP contribution in [0.3, 0.4) is 0 Å². The number of pyridine rings is 1. The van der Waals surface area contributed by atoms with Gasteiger partial charge in [-0.05, 0) is 65.0 Å². The molecule has 1 saturated heterocycles. The summed E-state index contributed by atoms with van der Waals surface area (Å²) in [6.45, 7) is 6.62. The van der Waals surface area contributed by atoms with Gasteiger partial charge in [0.25, 0.3) is 5.91 Å². The molecule has 2 aromatic rings. The number of carbonyl (C=O) groups excluding carboxylic acids is 2. The smallest absolute Gasteiger partial charge is 0.272 e. The molecule has 3 fully saturated rings. The van der Waals surface area contributed by atoms with Crippen LogP contribution < -0.4 is 10.6 Å². The molecule has 2 amide bonds. The van der Waals surface area contributed by atoms with Crippen molar-refractivity contribution in [1.29, 1.82) is 0 Å². The van der Waals surface area contributed by atoms with E-state index in [1.165, 1.54) is 0 Å². The van der Waals surface area contributed by atoms with Gasteiger partial charge in [0.2, 0.25) is 5.91 Å². The highest BCUT2D eigenvalue weighted by molar-refractivity contribution is 5.95. The summed E-state index contributed by atoms with van der Waals surface area (Å²) in [4.78, 5) is 25.9. The van der Waals surface area contributed by atoms with Crippen molar-refractivity contribution in [2.75, 3.05) is 6.61 Å². The first-order valence-corrected chi connectivity index (χ1v) is 11.1. The van der Waals surface area contributed by atoms with Crippen molar-refractivity contribution < 1.29 is 14.3 Å². The van der Waals surface area contributed by atoms with Crippen LogP contribution in [0.1, 0.15) is 62.0 Å². The molecule has 5 rings (SSSR count). The number of aryl methyl sites for hydroxylation is 1. The molecule has 0 aromatic carbocycles. The summed E-state index contributed by atoms with van der Waals surface area (Å²) in [6, 6.07) is 5.67. The van der Waals surface area contributed by atoms with Gasteiger partial charge in [0.15, 0.2) is 5.69 Å². The zero-order valence-corrected chi connectivity index (χ0v) is 17.9. The molecule has 4 atom stereocenters. The van der Waals surface area contributed by atoms with Gasteiger partial charge < -0.3 is 15.4 Å². The van der Waals surface area contributed by atoms with Gasteiger partial charge in [0, 0.05) is 29.8 Å². The number of hydrogen-bond donors (Lipinski definition) is 2. The van der Waals surface area contributed by atoms with Crippen LogP contribution in [0.5, 0.6) is 0 Å². The predicted octanol–water partition coefficient (Wildman–Crippen LogP) is 2.62. The van der Waals surface area contributed by atoms with E-state index in [2.05, 4.69) is 15.7 Å². The second-order valence-corrected chi connectivity index (χ2v) is 9.52. The van der Waals surface area contributed by atoms with Gasteiger partial charge in [-0.25, -0.2) is 4.52 Å². The minimum absolute atomic E-state index is 0.0247. The molecule has 3 heterocycles. The summed E-state index contributed by atoms with van der Waals surface area (Å²) in [7, 11) is 0. The van der Waals surface area contributed by atoms with Crippen LogP contribution in [-0.4, -0.2) is 45.7 Å². The monoisotopic (exact) mass is 410 g/mol. The van der Waals surface area contributed by atoms with Crippen LogP contribution in [0.15, 0.2) is 24.4 Å². The predicted molar refractivity (Wildman–Crippen MR) is 112 cm³/mol. The summed E-state index contributed by atoms with van der Waals surface area (Å²) in [5.41, 5.74) is 1.76. The van der Waals surface area contributed by atoms with Crippen molar-refractivity contribution in [1.82, 2.24) is 20.2 Å². The number of nitrogens with one attached hydrogen (secondary N) is 2. The molecule has 2 unspecified atom stereocenters. The Labute approximate surface area is 176 Å². The zero-order valence-electron chi connectivity index (χ0n) is 17.9. The standard InChI is InChI=1S/C23H30N4O3/c1-14(24-20(28)19-16(3)18-7-4-5-10-27(18)26-19)11-15(2)25-21(29)23-12-17(23)13-30-22(23)8-6-9-22/h4-5,7,10,14-15,17H,6,8-9,11-13H2,1-3H3,(H,24,28)(H,25,29)/t14?,15?,17-,23-/m0/s1. The second kappa shape index (κ2) is 6.80. The van der Waals surface area contributed by atoms with Crippen LogP contribution in [-0.2, 0) is 9.53 Å². The number of carbonyl (C=O) groups is 2. The molecule has 0 radical (unpaired) electrons. The summed E-state index contributed by atoms with van der Waals surface area (Å²) in [6.07, 6.45) is 6.64. The first-order chi connectivity index (χ1) is 14.4. The fourth-order valence-corrected chi connectivity index (χ4v) is 5.68. The Kier molecular flexibility index (Phi) is 4.43. The van der Waals surface area contributed by atoms with Crippen LogP contribution >= 0.6 is 0 Å². The van der Waals surface area contributed by atoms with Gasteiger partial charge in [-0.15, -0.1) is 0 Å². The molecule has 2 saturated carbocycles. The van der Waals surface area contributed by atoms with Crippen LogP contribution in [0.2, 0.25) is 0 Å². The zero-order chi connectivity index (χ0) is 21.1. The molecule has 1 aliphatic heterocycles. The van der Waals surface area contributed by atoms with E-state index in [1.54, 1.807) is 4.52 Å². The van der Waals surface area contributed by atoms with E-state index in [1.807, 2.05) is 45.2 Å². The molecule has 3 aliphatic rings. The van der Waals surface area contributed by atoms with Crippen molar-refractivity contribution in [3.8, 4) is 0 Å². The largest absolute Gasteiger partial charge is 0.374 e. The lowest BCUT2D eigenvalue weighted by atomic mass is 9.68. The Bertz CT molecular complexity index is 1010. The summed E-state index contributed by atoms with van der Waals surface area (Å²) < 4.78 is 7.76. The first kappa shape index (κ1) is 19.5. The molecule has 2 N–H and O–H groups in total. The van der Waals surface area contributed by atoms with Gasteiger partial charge in [-0.2, -0.15) is 5.10 Å². The SMILES string of the molecule is Cc1c(C(=O)NC(C)CC(C)NC(=O)[C@]23C[C@H]2COC32CCC2)nn2ccccc12. The van der Waals surface area contributed by atoms with Crippen LogP contribution in [0.4, 0.5) is 0 Å². The molecule has 30 heavy (non-hydrogen) atoms. The average molecular weight is 411 g/mol. The third-order valence-electron chi connectivity index (χ3n) is 7.51. The third kappa shape index (κ3) is 2.78. The van der Waals surface area contributed by atoms with E-state index < -0.39 is 0 Å². The van der Waals surface area contributed by atoms with Gasteiger partial charge in [0.1, 0.15) is 0 Å². The summed E-state index contributed by atoms with van der Waals surface area (Å²) >= 11 is 0. The van der Waals surface area contributed by atoms with E-state index in [-0.39, 0.29) is 34.9 Å². The molecule has 7 heteroatoms. The van der Waals surface area contributed by atoms with Crippen molar-refractivity contribution in [2.45, 2.75) is 70.6 Å². The quantitative estimate of drug-likeness (QED) is 0.767. The molecular weight excluding hydrogens is 380 g/mol. The maximum Gasteiger partial charge on any atom is 0.272 e. The summed E-state index contributed by atoms with van der Waals surface area (Å²) in [5.74, 6) is 0.354. The Balaban J connectivity index is 1.18. The Morgan fingerprint density at radius 3 is 2.70 bits per heavy atom. The van der Waals surface area contributed by atoms with E-state index in [9.17, 15) is 9.59 Å². The van der Waals surface area contributed by atoms with Crippen molar-refractivity contribution in [2.24, 2.45) is 11.3 Å². The Hall–Kier alpha value is -2.41. The minimum atomic E-state index is -0.292. The lowest BCUT2D eigenvalue weighted by molar-refractivity contribution is -0.149. The van der Waals surface area contributed by atoms with E-state index >= 15 is 0 Å². The molecule has 2 aromatic heterocycles. The molecule has 7 nitrogen and oxygen atoms in total. The van der Waals surface area contributed by atoms with Crippen LogP contribution in [0.25, 0.3) is 5.52 Å². The number of amides is 2. The topological polar surface area (TPSA) is 84.7 Å². The lowest BCUT2D eigenvalue weighted by Gasteiger charge is -2.44. The maximum atomic E-state index is 13.1. The molecule has 1 spiro atoms. The van der Waals surface area contributed by atoms with Crippen molar-refractivity contribution in [3.05, 3.63) is 35.7 Å². The number of fused-ring (bicyclic) bond motifs is 3. The van der Waals surface area contributed by atoms with Gasteiger partial charge in [0.05, 0.1) is 23.1 Å².